The lowest BCUT2D eigenvalue weighted by atomic mass is 9.99. The van der Waals surface area contributed by atoms with Gasteiger partial charge in [-0.05, 0) is 50.3 Å². The predicted molar refractivity (Wildman–Crippen MR) is 180 cm³/mol. The topological polar surface area (TPSA) is 180 Å². The Bertz CT molecular complexity index is 1500. The highest BCUT2D eigenvalue weighted by Gasteiger charge is 2.35. The quantitative estimate of drug-likeness (QED) is 0.156. The van der Waals surface area contributed by atoms with Crippen LogP contribution in [0.5, 0.6) is 0 Å². The number of hydrogen-bond donors (Lipinski definition) is 5. The number of primary amides is 1. The molecule has 0 spiro atoms. The van der Waals surface area contributed by atoms with Crippen LogP contribution in [0.1, 0.15) is 43.9 Å². The molecule has 3 aromatic rings. The molecular weight excluding hydrogens is 614 g/mol. The monoisotopic (exact) mass is 659 g/mol. The van der Waals surface area contributed by atoms with Gasteiger partial charge in [-0.3, -0.25) is 19.2 Å². The molecule has 12 heteroatoms. The molecule has 12 nitrogen and oxygen atoms in total. The third-order valence-electron chi connectivity index (χ3n) is 7.16. The summed E-state index contributed by atoms with van der Waals surface area (Å²) in [6.07, 6.45) is -2.90. The normalized spacial score (nSPS) is 12.9. The number of benzene rings is 3. The molecule has 0 heterocycles. The van der Waals surface area contributed by atoms with Crippen LogP contribution in [0.2, 0.25) is 0 Å². The maximum Gasteiger partial charge on any atom is 0.408 e. The maximum absolute atomic E-state index is 13.9. The SMILES string of the molecule is CC(C)(C)NC(=O)CN(CCc1ccccc1)C(=O)[C@@H](O)[C@H](Cc1ccccc1)NC(=O)[C@H](CC(N)=O)NC(=O)OCc1ccccc1. The van der Waals surface area contributed by atoms with Crippen molar-refractivity contribution in [2.75, 3.05) is 13.1 Å². The molecule has 6 N–H and O–H groups in total. The van der Waals surface area contributed by atoms with E-state index in [0.29, 0.717) is 17.5 Å². The van der Waals surface area contributed by atoms with Gasteiger partial charge < -0.3 is 36.4 Å². The van der Waals surface area contributed by atoms with Crippen LogP contribution in [0.25, 0.3) is 0 Å². The summed E-state index contributed by atoms with van der Waals surface area (Å²) >= 11 is 0. The molecule has 256 valence electrons. The first kappa shape index (κ1) is 37.2. The summed E-state index contributed by atoms with van der Waals surface area (Å²) in [4.78, 5) is 66.1. The smallest absolute Gasteiger partial charge is 0.408 e. The molecule has 0 saturated heterocycles. The molecule has 0 radical (unpaired) electrons. The Morgan fingerprint density at radius 2 is 1.35 bits per heavy atom. The van der Waals surface area contributed by atoms with E-state index in [1.165, 1.54) is 4.90 Å². The molecule has 0 aromatic heterocycles. The van der Waals surface area contributed by atoms with E-state index in [4.69, 9.17) is 10.5 Å². The number of carbonyl (C=O) groups excluding carboxylic acids is 5. The van der Waals surface area contributed by atoms with E-state index >= 15 is 0 Å². The van der Waals surface area contributed by atoms with E-state index in [9.17, 15) is 29.1 Å². The minimum Gasteiger partial charge on any atom is -0.445 e. The Morgan fingerprint density at radius 3 is 1.90 bits per heavy atom. The zero-order valence-electron chi connectivity index (χ0n) is 27.6. The minimum absolute atomic E-state index is 0.0158. The molecule has 3 atom stereocenters. The van der Waals surface area contributed by atoms with Gasteiger partial charge in [0.25, 0.3) is 5.91 Å². The van der Waals surface area contributed by atoms with Gasteiger partial charge in [0.05, 0.1) is 19.0 Å². The number of nitrogens with two attached hydrogens (primary N) is 1. The molecule has 0 aliphatic carbocycles. The number of hydrogen-bond acceptors (Lipinski definition) is 7. The number of nitrogens with zero attached hydrogens (tertiary/aromatic N) is 1. The van der Waals surface area contributed by atoms with Crippen molar-refractivity contribution in [3.05, 3.63) is 108 Å². The molecule has 48 heavy (non-hydrogen) atoms. The standard InChI is InChI=1S/C36H45N5O7/c1-36(2,3)40-31(43)23-41(20-19-25-13-7-4-8-14-25)34(46)32(44)28(21-26-15-9-5-10-16-26)38-33(45)29(22-30(37)42)39-35(47)48-24-27-17-11-6-12-18-27/h4-18,28-29,32,44H,19-24H2,1-3H3,(H2,37,42)(H,38,45)(H,39,47)(H,40,43)/t28-,29-,32-/m0/s1. The molecule has 0 bridgehead atoms. The first-order valence-corrected chi connectivity index (χ1v) is 15.7. The molecule has 0 saturated carbocycles. The van der Waals surface area contributed by atoms with Crippen molar-refractivity contribution in [1.29, 1.82) is 0 Å². The molecule has 0 fully saturated rings. The van der Waals surface area contributed by atoms with Crippen molar-refractivity contribution in [1.82, 2.24) is 20.9 Å². The number of alkyl carbamates (subject to hydrolysis) is 1. The minimum atomic E-state index is -1.80. The number of carbonyl (C=O) groups is 5. The van der Waals surface area contributed by atoms with Crippen molar-refractivity contribution in [2.45, 2.75) is 70.4 Å². The lowest BCUT2D eigenvalue weighted by molar-refractivity contribution is -0.145. The van der Waals surface area contributed by atoms with Crippen LogP contribution in [0.3, 0.4) is 0 Å². The summed E-state index contributed by atoms with van der Waals surface area (Å²) in [5.41, 5.74) is 7.16. The zero-order valence-corrected chi connectivity index (χ0v) is 27.6. The van der Waals surface area contributed by atoms with Gasteiger partial charge in [-0.1, -0.05) is 91.0 Å². The second-order valence-corrected chi connectivity index (χ2v) is 12.5. The Balaban J connectivity index is 1.82. The van der Waals surface area contributed by atoms with Crippen molar-refractivity contribution in [2.24, 2.45) is 5.73 Å². The fraction of sp³-hybridized carbons (Fsp3) is 0.361. The number of aliphatic hydroxyl groups is 1. The van der Waals surface area contributed by atoms with E-state index in [1.54, 1.807) is 54.6 Å². The van der Waals surface area contributed by atoms with Gasteiger partial charge in [-0.25, -0.2) is 4.79 Å². The molecular formula is C36H45N5O7. The van der Waals surface area contributed by atoms with Crippen LogP contribution in [-0.2, 0) is 43.4 Å². The number of aliphatic hydroxyl groups excluding tert-OH is 1. The Hall–Kier alpha value is -5.23. The highest BCUT2D eigenvalue weighted by molar-refractivity contribution is 5.92. The van der Waals surface area contributed by atoms with Crippen LogP contribution >= 0.6 is 0 Å². The summed E-state index contributed by atoms with van der Waals surface area (Å²) in [5.74, 6) is -2.93. The highest BCUT2D eigenvalue weighted by Crippen LogP contribution is 2.12. The van der Waals surface area contributed by atoms with Gasteiger partial charge in [-0.15, -0.1) is 0 Å². The molecule has 0 aliphatic heterocycles. The average molecular weight is 660 g/mol. The van der Waals surface area contributed by atoms with E-state index in [-0.39, 0.29) is 26.1 Å². The van der Waals surface area contributed by atoms with Gasteiger partial charge in [0.2, 0.25) is 17.7 Å². The van der Waals surface area contributed by atoms with Gasteiger partial charge in [0, 0.05) is 12.1 Å². The van der Waals surface area contributed by atoms with Crippen LogP contribution in [0, 0.1) is 0 Å². The summed E-state index contributed by atoms with van der Waals surface area (Å²) < 4.78 is 5.21. The van der Waals surface area contributed by atoms with Crippen molar-refractivity contribution in [3.8, 4) is 0 Å². The summed E-state index contributed by atoms with van der Waals surface area (Å²) in [5, 5.41) is 19.3. The number of rotatable bonds is 16. The van der Waals surface area contributed by atoms with E-state index in [1.807, 2.05) is 57.2 Å². The molecule has 0 aliphatic rings. The molecule has 0 unspecified atom stereocenters. The third kappa shape index (κ3) is 13.2. The van der Waals surface area contributed by atoms with Crippen molar-refractivity contribution in [3.63, 3.8) is 0 Å². The van der Waals surface area contributed by atoms with Crippen LogP contribution in [0.4, 0.5) is 4.79 Å². The molecule has 3 rings (SSSR count). The zero-order chi connectivity index (χ0) is 35.1. The van der Waals surface area contributed by atoms with Crippen LogP contribution < -0.4 is 21.7 Å². The summed E-state index contributed by atoms with van der Waals surface area (Å²) in [6.45, 7) is 5.15. The largest absolute Gasteiger partial charge is 0.445 e. The third-order valence-corrected chi connectivity index (χ3v) is 7.16. The Labute approximate surface area is 281 Å². The van der Waals surface area contributed by atoms with Crippen LogP contribution in [0.15, 0.2) is 91.0 Å². The van der Waals surface area contributed by atoms with Gasteiger partial charge in [0.1, 0.15) is 12.6 Å². The first-order chi connectivity index (χ1) is 22.8. The number of amides is 5. The second kappa shape index (κ2) is 18.2. The fourth-order valence-corrected chi connectivity index (χ4v) is 4.88. The number of ether oxygens (including phenoxy) is 1. The van der Waals surface area contributed by atoms with Crippen LogP contribution in [-0.4, -0.2) is 76.5 Å². The van der Waals surface area contributed by atoms with E-state index in [0.717, 1.165) is 5.56 Å². The molecule has 5 amide bonds. The van der Waals surface area contributed by atoms with Crippen molar-refractivity contribution < 1.29 is 33.8 Å². The average Bonchev–Trinajstić information content (AvgIpc) is 3.04. The Morgan fingerprint density at radius 1 is 0.812 bits per heavy atom. The van der Waals surface area contributed by atoms with Gasteiger partial charge in [-0.2, -0.15) is 0 Å². The summed E-state index contributed by atoms with van der Waals surface area (Å²) in [6, 6.07) is 24.4. The van der Waals surface area contributed by atoms with E-state index < -0.39 is 59.9 Å². The first-order valence-electron chi connectivity index (χ1n) is 15.7. The van der Waals surface area contributed by atoms with Gasteiger partial charge >= 0.3 is 6.09 Å². The highest BCUT2D eigenvalue weighted by atomic mass is 16.5. The predicted octanol–water partition coefficient (Wildman–Crippen LogP) is 2.23. The lowest BCUT2D eigenvalue weighted by Crippen LogP contribution is -2.58. The van der Waals surface area contributed by atoms with Gasteiger partial charge in [0.15, 0.2) is 6.10 Å². The lowest BCUT2D eigenvalue weighted by Gasteiger charge is -2.31. The Kier molecular flexibility index (Phi) is 14.1. The fourth-order valence-electron chi connectivity index (χ4n) is 4.88. The molecule has 3 aromatic carbocycles. The van der Waals surface area contributed by atoms with E-state index in [2.05, 4.69) is 16.0 Å². The summed E-state index contributed by atoms with van der Waals surface area (Å²) in [7, 11) is 0. The number of nitrogens with one attached hydrogen (secondary N) is 3. The maximum atomic E-state index is 13.9. The second-order valence-electron chi connectivity index (χ2n) is 12.5. The van der Waals surface area contributed by atoms with Crippen molar-refractivity contribution >= 4 is 29.7 Å².